The Balaban J connectivity index is 0. The zero-order chi connectivity index (χ0) is 5.86. The van der Waals surface area contributed by atoms with Crippen LogP contribution in [0.2, 0.25) is 0 Å². The summed E-state index contributed by atoms with van der Waals surface area (Å²) in [6.07, 6.45) is -3.95. The van der Waals surface area contributed by atoms with Gasteiger partial charge in [0, 0.05) is 12.4 Å². The first kappa shape index (κ1) is 11.2. The van der Waals surface area contributed by atoms with Crippen LogP contribution in [0.25, 0.3) is 0 Å². The van der Waals surface area contributed by atoms with Crippen LogP contribution in [0.5, 0.6) is 0 Å². The van der Waals surface area contributed by atoms with Gasteiger partial charge in [0.1, 0.15) is 0 Å². The van der Waals surface area contributed by atoms with Crippen LogP contribution >= 0.6 is 0 Å². The molecule has 5 heteroatoms. The van der Waals surface area contributed by atoms with Crippen molar-refractivity contribution in [3.8, 4) is 0 Å². The van der Waals surface area contributed by atoms with Gasteiger partial charge in [-0.05, 0) is 0 Å². The summed E-state index contributed by atoms with van der Waals surface area (Å²) in [6.45, 7) is 0. The second kappa shape index (κ2) is 5.47. The van der Waals surface area contributed by atoms with Crippen LogP contribution in [-0.4, -0.2) is 12.4 Å². The molecule has 0 aliphatic carbocycles. The molecule has 0 aliphatic heterocycles. The molecule has 0 saturated heterocycles. The van der Waals surface area contributed by atoms with E-state index in [0.717, 1.165) is 0 Å². The number of carbonyl (C=O) groups excluding carboxylic acids is 1. The van der Waals surface area contributed by atoms with Crippen LogP contribution in [-0.2, 0) is 4.79 Å². The molecule has 0 rings (SSSR count). The second-order valence-corrected chi connectivity index (χ2v) is 0.967. The summed E-state index contributed by atoms with van der Waals surface area (Å²) in [5.41, 5.74) is 0. The average Bonchev–Trinajstić information content (AvgIpc) is 1.27. The molecule has 0 radical (unpaired) electrons. The first-order valence-electron chi connectivity index (χ1n) is 1.61. The van der Waals surface area contributed by atoms with Crippen molar-refractivity contribution in [2.45, 2.75) is 12.8 Å². The van der Waals surface area contributed by atoms with Gasteiger partial charge in [0.05, 0.1) is 0 Å². The molecule has 0 atom stereocenters. The van der Waals surface area contributed by atoms with E-state index in [2.05, 4.69) is 0 Å². The molecular weight excluding hydrogens is 129 g/mol. The van der Waals surface area contributed by atoms with E-state index in [1.54, 1.807) is 0 Å². The van der Waals surface area contributed by atoms with E-state index in [9.17, 15) is 18.7 Å². The Bertz CT molecular complexity index is 75.7. The Morgan fingerprint density at radius 2 is 2.00 bits per heavy atom. The third-order valence-electron chi connectivity index (χ3n) is 0.321. The van der Waals surface area contributed by atoms with Crippen molar-refractivity contribution in [2.24, 2.45) is 0 Å². The van der Waals surface area contributed by atoms with Gasteiger partial charge < -0.3 is 9.90 Å². The Kier molecular flexibility index (Phi) is 7.63. The number of rotatable bonds is 2. The molecule has 0 aromatic rings. The number of halogens is 2. The molecule has 0 N–H and O–H groups in total. The molecule has 2 nitrogen and oxygen atoms in total. The van der Waals surface area contributed by atoms with Crippen LogP contribution < -0.4 is 34.7 Å². The minimum atomic E-state index is -2.79. The maximum atomic E-state index is 10.9. The van der Waals surface area contributed by atoms with Crippen LogP contribution in [0, 0.1) is 0 Å². The van der Waals surface area contributed by atoms with Crippen molar-refractivity contribution in [2.75, 3.05) is 0 Å². The Labute approximate surface area is 67.2 Å². The number of carboxylic acids is 1. The third kappa shape index (κ3) is 9.59. The summed E-state index contributed by atoms with van der Waals surface area (Å²) < 4.78 is 21.7. The summed E-state index contributed by atoms with van der Waals surface area (Å²) in [4.78, 5) is 9.22. The number of hydrogen-bond donors (Lipinski definition) is 0. The van der Waals surface area contributed by atoms with Crippen molar-refractivity contribution in [3.63, 3.8) is 0 Å². The van der Waals surface area contributed by atoms with E-state index in [1.165, 1.54) is 0 Å². The quantitative estimate of drug-likeness (QED) is 0.364. The van der Waals surface area contributed by atoms with Gasteiger partial charge in [-0.15, -0.1) is 0 Å². The Hall–Kier alpha value is 0.330. The van der Waals surface area contributed by atoms with Crippen molar-refractivity contribution < 1.29 is 48.2 Å². The van der Waals surface area contributed by atoms with Crippen molar-refractivity contribution >= 4 is 5.97 Å². The molecule has 0 spiro atoms. The van der Waals surface area contributed by atoms with Gasteiger partial charge in [0.2, 0.25) is 6.43 Å². The van der Waals surface area contributed by atoms with Gasteiger partial charge in [-0.3, -0.25) is 0 Å². The summed E-state index contributed by atoms with van der Waals surface area (Å²) in [7, 11) is 0. The number of hydrogen-bond acceptors (Lipinski definition) is 2. The van der Waals surface area contributed by atoms with E-state index >= 15 is 0 Å². The van der Waals surface area contributed by atoms with Crippen molar-refractivity contribution in [1.29, 1.82) is 0 Å². The Morgan fingerprint density at radius 1 is 1.62 bits per heavy atom. The second-order valence-electron chi connectivity index (χ2n) is 0.967. The minimum absolute atomic E-state index is 0. The van der Waals surface area contributed by atoms with Gasteiger partial charge in [0.15, 0.2) is 0 Å². The smallest absolute Gasteiger partial charge is 0.550 e. The summed E-state index contributed by atoms with van der Waals surface area (Å²) in [6, 6.07) is 0. The fourth-order valence-corrected chi connectivity index (χ4v) is 0.126. The fourth-order valence-electron chi connectivity index (χ4n) is 0.126. The van der Waals surface area contributed by atoms with E-state index in [4.69, 9.17) is 0 Å². The minimum Gasteiger partial charge on any atom is -0.550 e. The number of carbonyl (C=O) groups is 1. The third-order valence-corrected chi connectivity index (χ3v) is 0.321. The predicted molar refractivity (Wildman–Crippen MR) is 15.6 cm³/mol. The number of aliphatic carboxylic acids is 1. The van der Waals surface area contributed by atoms with E-state index < -0.39 is 18.8 Å². The SMILES string of the molecule is O=C([O-])CC(F)F.[Na+]. The maximum Gasteiger partial charge on any atom is 1.00 e. The van der Waals surface area contributed by atoms with Gasteiger partial charge >= 0.3 is 29.6 Å². The van der Waals surface area contributed by atoms with E-state index in [-0.39, 0.29) is 29.6 Å². The van der Waals surface area contributed by atoms with Gasteiger partial charge in [-0.2, -0.15) is 0 Å². The van der Waals surface area contributed by atoms with E-state index in [1.807, 2.05) is 0 Å². The first-order chi connectivity index (χ1) is 3.13. The van der Waals surface area contributed by atoms with Gasteiger partial charge in [0.25, 0.3) is 0 Å². The molecule has 0 heterocycles. The number of alkyl halides is 2. The van der Waals surface area contributed by atoms with Crippen molar-refractivity contribution in [3.05, 3.63) is 0 Å². The molecule has 42 valence electrons. The molecule has 0 aromatic heterocycles. The summed E-state index contributed by atoms with van der Waals surface area (Å²) in [5, 5.41) is 9.22. The standard InChI is InChI=1S/C3H4F2O2.Na/c4-2(5)1-3(6)7;/h2H,1H2,(H,6,7);/q;+1/p-1. The van der Waals surface area contributed by atoms with Crippen LogP contribution in [0.3, 0.4) is 0 Å². The molecule has 0 bridgehead atoms. The molecule has 0 fully saturated rings. The molecule has 0 amide bonds. The predicted octanol–water partition coefficient (Wildman–Crippen LogP) is -3.60. The van der Waals surface area contributed by atoms with Gasteiger partial charge in [-0.1, -0.05) is 0 Å². The zero-order valence-corrected chi connectivity index (χ0v) is 6.36. The fraction of sp³-hybridized carbons (Fsp3) is 0.667. The average molecular weight is 132 g/mol. The maximum absolute atomic E-state index is 10.9. The molecule has 0 unspecified atom stereocenters. The normalized spacial score (nSPS) is 8.38. The molecule has 0 aliphatic rings. The first-order valence-corrected chi connectivity index (χ1v) is 1.61. The van der Waals surface area contributed by atoms with Crippen LogP contribution in [0.4, 0.5) is 8.78 Å². The van der Waals surface area contributed by atoms with Crippen LogP contribution in [0.15, 0.2) is 0 Å². The molecule has 0 saturated carbocycles. The summed E-state index contributed by atoms with van der Waals surface area (Å²) >= 11 is 0. The summed E-state index contributed by atoms with van der Waals surface area (Å²) in [5.74, 6) is -1.71. The largest absolute Gasteiger partial charge is 1.00 e. The Morgan fingerprint density at radius 3 is 2.00 bits per heavy atom. The molecule has 8 heavy (non-hydrogen) atoms. The number of carboxylic acid groups (broad SMARTS) is 1. The van der Waals surface area contributed by atoms with Gasteiger partial charge in [-0.25, -0.2) is 8.78 Å². The topological polar surface area (TPSA) is 40.1 Å². The van der Waals surface area contributed by atoms with E-state index in [0.29, 0.717) is 0 Å². The van der Waals surface area contributed by atoms with Crippen molar-refractivity contribution in [1.82, 2.24) is 0 Å². The monoisotopic (exact) mass is 132 g/mol. The zero-order valence-electron chi connectivity index (χ0n) is 4.36. The molecular formula is C3H3F2NaO2. The van der Waals surface area contributed by atoms with Crippen LogP contribution in [0.1, 0.15) is 6.42 Å². The molecule has 0 aromatic carbocycles.